The number of nitrogens with one attached hydrogen (secondary N) is 1. The predicted octanol–water partition coefficient (Wildman–Crippen LogP) is 1.50. The van der Waals surface area contributed by atoms with Crippen LogP contribution in [0.15, 0.2) is 0 Å². The van der Waals surface area contributed by atoms with E-state index in [0.717, 1.165) is 25.4 Å². The summed E-state index contributed by atoms with van der Waals surface area (Å²) in [5, 5.41) is 3.42. The molecule has 0 aromatic rings. The van der Waals surface area contributed by atoms with Gasteiger partial charge in [-0.15, -0.1) is 0 Å². The van der Waals surface area contributed by atoms with Gasteiger partial charge in [0.15, 0.2) is 0 Å². The topological polar surface area (TPSA) is 38.0 Å². The molecule has 1 unspecified atom stereocenters. The largest absolute Gasteiger partial charge is 0.324 e. The van der Waals surface area contributed by atoms with Gasteiger partial charge in [-0.25, -0.2) is 0 Å². The van der Waals surface area contributed by atoms with E-state index in [2.05, 4.69) is 19.2 Å². The van der Waals surface area contributed by atoms with Gasteiger partial charge in [0.1, 0.15) is 0 Å². The molecule has 2 nitrogen and oxygen atoms in total. The van der Waals surface area contributed by atoms with Crippen molar-refractivity contribution in [2.24, 2.45) is 11.7 Å². The molecular formula is C10H22N2. The molecule has 0 amide bonds. The van der Waals surface area contributed by atoms with Crippen LogP contribution in [0.25, 0.3) is 0 Å². The number of nitrogens with two attached hydrogens (primary N) is 1. The zero-order valence-electron chi connectivity index (χ0n) is 8.40. The van der Waals surface area contributed by atoms with Crippen molar-refractivity contribution in [3.05, 3.63) is 0 Å². The Balaban J connectivity index is 1.92. The Hall–Kier alpha value is -0.0800. The summed E-state index contributed by atoms with van der Waals surface area (Å²) < 4.78 is 0. The van der Waals surface area contributed by atoms with E-state index in [4.69, 9.17) is 5.73 Å². The third-order valence-electron chi connectivity index (χ3n) is 2.76. The quantitative estimate of drug-likeness (QED) is 0.593. The van der Waals surface area contributed by atoms with Crippen molar-refractivity contribution in [2.75, 3.05) is 13.1 Å². The molecule has 0 saturated heterocycles. The maximum absolute atomic E-state index is 5.99. The second-order valence-corrected chi connectivity index (χ2v) is 4.42. The Kier molecular flexibility index (Phi) is 3.53. The van der Waals surface area contributed by atoms with Gasteiger partial charge in [0.05, 0.1) is 0 Å². The Morgan fingerprint density at radius 2 is 2.17 bits per heavy atom. The van der Waals surface area contributed by atoms with Crippen LogP contribution in [0.1, 0.15) is 39.5 Å². The van der Waals surface area contributed by atoms with E-state index < -0.39 is 0 Å². The van der Waals surface area contributed by atoms with Crippen molar-refractivity contribution in [1.29, 1.82) is 0 Å². The van der Waals surface area contributed by atoms with Crippen molar-refractivity contribution in [3.63, 3.8) is 0 Å². The Morgan fingerprint density at radius 3 is 2.67 bits per heavy atom. The Bertz CT molecular complexity index is 128. The van der Waals surface area contributed by atoms with Gasteiger partial charge in [0.25, 0.3) is 0 Å². The van der Waals surface area contributed by atoms with E-state index in [1.807, 2.05) is 0 Å². The van der Waals surface area contributed by atoms with Crippen molar-refractivity contribution in [1.82, 2.24) is 5.32 Å². The SMILES string of the molecule is CCC(C)(N)CNCCC1CC1. The van der Waals surface area contributed by atoms with Crippen molar-refractivity contribution in [2.45, 2.75) is 45.1 Å². The summed E-state index contributed by atoms with van der Waals surface area (Å²) in [5.41, 5.74) is 5.98. The molecule has 0 aromatic heterocycles. The zero-order chi connectivity index (χ0) is 9.03. The number of rotatable bonds is 6. The molecule has 3 N–H and O–H groups in total. The molecule has 0 radical (unpaired) electrons. The first-order valence-electron chi connectivity index (χ1n) is 5.13. The highest BCUT2D eigenvalue weighted by molar-refractivity contribution is 4.80. The number of hydrogen-bond acceptors (Lipinski definition) is 2. The smallest absolute Gasteiger partial charge is 0.0249 e. The molecule has 1 aliphatic rings. The summed E-state index contributed by atoms with van der Waals surface area (Å²) in [4.78, 5) is 0. The Labute approximate surface area is 75.9 Å². The van der Waals surface area contributed by atoms with Gasteiger partial charge in [-0.3, -0.25) is 0 Å². The van der Waals surface area contributed by atoms with Crippen LogP contribution in [0.4, 0.5) is 0 Å². The lowest BCUT2D eigenvalue weighted by Crippen LogP contribution is -2.45. The van der Waals surface area contributed by atoms with E-state index in [0.29, 0.717) is 0 Å². The summed E-state index contributed by atoms with van der Waals surface area (Å²) in [6, 6.07) is 0. The first kappa shape index (κ1) is 10.0. The molecule has 1 atom stereocenters. The average molecular weight is 170 g/mol. The zero-order valence-corrected chi connectivity index (χ0v) is 8.40. The fourth-order valence-corrected chi connectivity index (χ4v) is 1.21. The molecular weight excluding hydrogens is 148 g/mol. The van der Waals surface area contributed by atoms with Gasteiger partial charge < -0.3 is 11.1 Å². The lowest BCUT2D eigenvalue weighted by Gasteiger charge is -2.22. The minimum absolute atomic E-state index is 0.0104. The standard InChI is InChI=1S/C10H22N2/c1-3-10(2,11)8-12-7-6-9-4-5-9/h9,12H,3-8,11H2,1-2H3. The fraction of sp³-hybridized carbons (Fsp3) is 1.00. The fourth-order valence-electron chi connectivity index (χ4n) is 1.21. The molecule has 1 saturated carbocycles. The van der Waals surface area contributed by atoms with Gasteiger partial charge in [-0.05, 0) is 32.2 Å². The van der Waals surface area contributed by atoms with Crippen LogP contribution in [-0.4, -0.2) is 18.6 Å². The van der Waals surface area contributed by atoms with Gasteiger partial charge in [0, 0.05) is 12.1 Å². The van der Waals surface area contributed by atoms with Crippen LogP contribution in [0.5, 0.6) is 0 Å². The lowest BCUT2D eigenvalue weighted by atomic mass is 10.0. The van der Waals surface area contributed by atoms with Crippen LogP contribution >= 0.6 is 0 Å². The maximum Gasteiger partial charge on any atom is 0.0249 e. The number of hydrogen-bond donors (Lipinski definition) is 2. The summed E-state index contributed by atoms with van der Waals surface area (Å²) in [6.45, 7) is 6.35. The molecule has 0 heterocycles. The molecule has 0 bridgehead atoms. The van der Waals surface area contributed by atoms with Gasteiger partial charge >= 0.3 is 0 Å². The van der Waals surface area contributed by atoms with Crippen LogP contribution < -0.4 is 11.1 Å². The first-order valence-corrected chi connectivity index (χ1v) is 5.13. The molecule has 0 aromatic carbocycles. The molecule has 1 aliphatic carbocycles. The van der Waals surface area contributed by atoms with Gasteiger partial charge in [-0.2, -0.15) is 0 Å². The normalized spacial score (nSPS) is 22.2. The van der Waals surface area contributed by atoms with Gasteiger partial charge in [0.2, 0.25) is 0 Å². The van der Waals surface area contributed by atoms with E-state index in [1.54, 1.807) is 0 Å². The average Bonchev–Trinajstić information content (AvgIpc) is 2.82. The minimum Gasteiger partial charge on any atom is -0.324 e. The monoisotopic (exact) mass is 170 g/mol. The molecule has 2 heteroatoms. The Morgan fingerprint density at radius 1 is 1.50 bits per heavy atom. The third-order valence-corrected chi connectivity index (χ3v) is 2.76. The van der Waals surface area contributed by atoms with E-state index in [9.17, 15) is 0 Å². The lowest BCUT2D eigenvalue weighted by molar-refractivity contribution is 0.412. The first-order chi connectivity index (χ1) is 5.64. The summed E-state index contributed by atoms with van der Waals surface area (Å²) in [7, 11) is 0. The van der Waals surface area contributed by atoms with Crippen LogP contribution in [0.3, 0.4) is 0 Å². The maximum atomic E-state index is 5.99. The van der Waals surface area contributed by atoms with Crippen LogP contribution in [0.2, 0.25) is 0 Å². The van der Waals surface area contributed by atoms with Crippen molar-refractivity contribution in [3.8, 4) is 0 Å². The summed E-state index contributed by atoms with van der Waals surface area (Å²) >= 11 is 0. The molecule has 0 spiro atoms. The molecule has 0 aliphatic heterocycles. The van der Waals surface area contributed by atoms with Crippen molar-refractivity contribution >= 4 is 0 Å². The third kappa shape index (κ3) is 4.07. The second-order valence-electron chi connectivity index (χ2n) is 4.42. The summed E-state index contributed by atoms with van der Waals surface area (Å²) in [5.74, 6) is 1.03. The predicted molar refractivity (Wildman–Crippen MR) is 53.1 cm³/mol. The molecule has 1 rings (SSSR count). The van der Waals surface area contributed by atoms with Crippen LogP contribution in [0, 0.1) is 5.92 Å². The highest BCUT2D eigenvalue weighted by Crippen LogP contribution is 2.31. The molecule has 12 heavy (non-hydrogen) atoms. The molecule has 72 valence electrons. The van der Waals surface area contributed by atoms with E-state index in [-0.39, 0.29) is 5.54 Å². The van der Waals surface area contributed by atoms with Crippen LogP contribution in [-0.2, 0) is 0 Å². The van der Waals surface area contributed by atoms with E-state index in [1.165, 1.54) is 19.3 Å². The highest BCUT2D eigenvalue weighted by atomic mass is 14.9. The van der Waals surface area contributed by atoms with Gasteiger partial charge in [-0.1, -0.05) is 19.8 Å². The highest BCUT2D eigenvalue weighted by Gasteiger charge is 2.21. The second kappa shape index (κ2) is 4.24. The minimum atomic E-state index is -0.0104. The van der Waals surface area contributed by atoms with E-state index >= 15 is 0 Å². The molecule has 1 fully saturated rings. The summed E-state index contributed by atoms with van der Waals surface area (Å²) in [6.07, 6.45) is 5.30. The van der Waals surface area contributed by atoms with Crippen molar-refractivity contribution < 1.29 is 0 Å².